The lowest BCUT2D eigenvalue weighted by atomic mass is 9.91. The van der Waals surface area contributed by atoms with Crippen LogP contribution in [0.2, 0.25) is 0 Å². The number of benzene rings is 1. The molecular weight excluding hydrogens is 486 g/mol. The number of hydrogen-bond acceptors (Lipinski definition) is 6. The second kappa shape index (κ2) is 11.4. The van der Waals surface area contributed by atoms with E-state index in [1.807, 2.05) is 27.9 Å². The molecule has 4 rings (SSSR count). The summed E-state index contributed by atoms with van der Waals surface area (Å²) in [6, 6.07) is 6.38. The summed E-state index contributed by atoms with van der Waals surface area (Å²) >= 11 is 0. The highest BCUT2D eigenvalue weighted by molar-refractivity contribution is 6.05. The molecule has 2 aliphatic rings. The number of H-pyrrole nitrogens is 1. The first-order valence-electron chi connectivity index (χ1n) is 12.8. The molecule has 11 nitrogen and oxygen atoms in total. The summed E-state index contributed by atoms with van der Waals surface area (Å²) in [5.41, 5.74) is 1.90. The third-order valence-corrected chi connectivity index (χ3v) is 7.25. The lowest BCUT2D eigenvalue weighted by Crippen LogP contribution is -2.54. The molecule has 0 saturated carbocycles. The van der Waals surface area contributed by atoms with Gasteiger partial charge in [-0.2, -0.15) is 5.10 Å². The molecule has 0 aliphatic carbocycles. The van der Waals surface area contributed by atoms with Crippen molar-refractivity contribution in [3.63, 3.8) is 0 Å². The van der Waals surface area contributed by atoms with E-state index in [2.05, 4.69) is 37.6 Å². The molecule has 1 saturated heterocycles. The van der Waals surface area contributed by atoms with Crippen LogP contribution in [0.25, 0.3) is 0 Å². The van der Waals surface area contributed by atoms with E-state index in [1.54, 1.807) is 29.2 Å². The SMILES string of the molecule is C=CC(=O)Nc1ccc(C(=O)Nc2n[nH]c3c2CN(C(=O)NC(CN(C)C)C2CCOCC2)C3(C)C)cc1. The number of likely N-dealkylation sites (N-methyl/N-ethyl adjacent to an activating group) is 1. The summed E-state index contributed by atoms with van der Waals surface area (Å²) in [5, 5.41) is 16.2. The monoisotopic (exact) mass is 523 g/mol. The van der Waals surface area contributed by atoms with Crippen molar-refractivity contribution in [2.75, 3.05) is 44.5 Å². The van der Waals surface area contributed by atoms with E-state index in [-0.39, 0.29) is 23.9 Å². The number of nitrogens with one attached hydrogen (secondary N) is 4. The van der Waals surface area contributed by atoms with Gasteiger partial charge in [0.1, 0.15) is 0 Å². The second-order valence-corrected chi connectivity index (χ2v) is 10.6. The molecule has 4 amide bonds. The van der Waals surface area contributed by atoms with Crippen LogP contribution in [0, 0.1) is 5.92 Å². The van der Waals surface area contributed by atoms with E-state index >= 15 is 0 Å². The van der Waals surface area contributed by atoms with E-state index < -0.39 is 5.54 Å². The van der Waals surface area contributed by atoms with Gasteiger partial charge in [0.15, 0.2) is 5.82 Å². The van der Waals surface area contributed by atoms with E-state index in [0.29, 0.717) is 42.7 Å². The first-order valence-corrected chi connectivity index (χ1v) is 12.8. The lowest BCUT2D eigenvalue weighted by molar-refractivity contribution is -0.111. The van der Waals surface area contributed by atoms with Gasteiger partial charge in [-0.25, -0.2) is 4.79 Å². The summed E-state index contributed by atoms with van der Waals surface area (Å²) in [7, 11) is 4.02. The zero-order valence-corrected chi connectivity index (χ0v) is 22.5. The first-order chi connectivity index (χ1) is 18.1. The van der Waals surface area contributed by atoms with Crippen molar-refractivity contribution in [2.45, 2.75) is 44.8 Å². The van der Waals surface area contributed by atoms with Crippen molar-refractivity contribution in [3.05, 3.63) is 53.7 Å². The van der Waals surface area contributed by atoms with E-state index in [1.165, 1.54) is 6.08 Å². The number of aromatic amines is 1. The van der Waals surface area contributed by atoms with Gasteiger partial charge in [-0.15, -0.1) is 0 Å². The molecule has 204 valence electrons. The largest absolute Gasteiger partial charge is 0.381 e. The Morgan fingerprint density at radius 1 is 1.21 bits per heavy atom. The average molecular weight is 524 g/mol. The van der Waals surface area contributed by atoms with Crippen LogP contribution in [0.15, 0.2) is 36.9 Å². The number of nitrogens with zero attached hydrogens (tertiary/aromatic N) is 3. The Bertz CT molecular complexity index is 1180. The summed E-state index contributed by atoms with van der Waals surface area (Å²) in [5.74, 6) is 0.0803. The van der Waals surface area contributed by atoms with Crippen LogP contribution < -0.4 is 16.0 Å². The number of fused-ring (bicyclic) bond motifs is 1. The number of amides is 4. The molecule has 2 aliphatic heterocycles. The van der Waals surface area contributed by atoms with Crippen molar-refractivity contribution in [2.24, 2.45) is 5.92 Å². The van der Waals surface area contributed by atoms with Crippen LogP contribution in [0.1, 0.15) is 48.3 Å². The van der Waals surface area contributed by atoms with Crippen molar-refractivity contribution >= 4 is 29.4 Å². The first kappa shape index (κ1) is 27.3. The van der Waals surface area contributed by atoms with Crippen LogP contribution in [0.5, 0.6) is 0 Å². The van der Waals surface area contributed by atoms with E-state index in [0.717, 1.165) is 30.6 Å². The fraction of sp³-hybridized carbons (Fsp3) is 0.481. The van der Waals surface area contributed by atoms with Gasteiger partial charge in [-0.3, -0.25) is 14.7 Å². The number of carbonyl (C=O) groups excluding carboxylic acids is 3. The quantitative estimate of drug-likeness (QED) is 0.394. The van der Waals surface area contributed by atoms with Gasteiger partial charge in [0.2, 0.25) is 5.91 Å². The van der Waals surface area contributed by atoms with Crippen molar-refractivity contribution in [3.8, 4) is 0 Å². The maximum Gasteiger partial charge on any atom is 0.318 e. The summed E-state index contributed by atoms with van der Waals surface area (Å²) in [4.78, 5) is 41.8. The van der Waals surface area contributed by atoms with Crippen LogP contribution in [0.4, 0.5) is 16.3 Å². The average Bonchev–Trinajstić information content (AvgIpc) is 3.41. The number of aromatic nitrogens is 2. The third-order valence-electron chi connectivity index (χ3n) is 7.25. The number of carbonyl (C=O) groups is 3. The maximum absolute atomic E-state index is 13.6. The van der Waals surface area contributed by atoms with Crippen molar-refractivity contribution in [1.29, 1.82) is 0 Å². The van der Waals surface area contributed by atoms with Gasteiger partial charge in [0.25, 0.3) is 5.91 Å². The van der Waals surface area contributed by atoms with Crippen LogP contribution in [0.3, 0.4) is 0 Å². The standard InChI is InChI=1S/C27H37N7O4/c1-6-22(35)28-19-9-7-18(8-10-19)25(36)30-24-20-15-34(27(2,3)23(20)31-32-24)26(37)29-21(16-33(4)5)17-11-13-38-14-12-17/h6-10,17,21H,1,11-16H2,2-5H3,(H,28,35)(H,29,37)(H2,30,31,32,36). The minimum Gasteiger partial charge on any atom is -0.381 e. The zero-order chi connectivity index (χ0) is 27.4. The molecule has 3 heterocycles. The van der Waals surface area contributed by atoms with Crippen molar-refractivity contribution in [1.82, 2.24) is 25.3 Å². The number of anilines is 2. The van der Waals surface area contributed by atoms with Crippen LogP contribution in [-0.4, -0.2) is 77.7 Å². The lowest BCUT2D eigenvalue weighted by Gasteiger charge is -2.37. The fourth-order valence-corrected chi connectivity index (χ4v) is 5.08. The summed E-state index contributed by atoms with van der Waals surface area (Å²) in [6.07, 6.45) is 3.02. The molecule has 1 fully saturated rings. The summed E-state index contributed by atoms with van der Waals surface area (Å²) < 4.78 is 5.52. The Hall–Kier alpha value is -3.70. The predicted molar refractivity (Wildman–Crippen MR) is 145 cm³/mol. The molecule has 1 unspecified atom stereocenters. The molecule has 4 N–H and O–H groups in total. The van der Waals surface area contributed by atoms with Gasteiger partial charge < -0.3 is 30.5 Å². The molecule has 0 radical (unpaired) electrons. The maximum atomic E-state index is 13.6. The Morgan fingerprint density at radius 3 is 2.53 bits per heavy atom. The van der Waals surface area contributed by atoms with Gasteiger partial charge in [-0.1, -0.05) is 6.58 Å². The fourth-order valence-electron chi connectivity index (χ4n) is 5.08. The summed E-state index contributed by atoms with van der Waals surface area (Å²) in [6.45, 7) is 9.84. The van der Waals surface area contributed by atoms with E-state index in [4.69, 9.17) is 4.74 Å². The molecule has 1 aromatic carbocycles. The Labute approximate surface area is 223 Å². The number of urea groups is 1. The van der Waals surface area contributed by atoms with E-state index in [9.17, 15) is 14.4 Å². The molecule has 0 spiro atoms. The number of hydrogen-bond donors (Lipinski definition) is 4. The third kappa shape index (κ3) is 5.89. The molecule has 1 atom stereocenters. The minimum absolute atomic E-state index is 0.00711. The number of ether oxygens (including phenoxy) is 1. The molecule has 0 bridgehead atoms. The Morgan fingerprint density at radius 2 is 1.89 bits per heavy atom. The smallest absolute Gasteiger partial charge is 0.318 e. The number of rotatable bonds is 8. The van der Waals surface area contributed by atoms with Crippen LogP contribution in [-0.2, 0) is 21.6 Å². The molecule has 1 aromatic heterocycles. The molecule has 2 aromatic rings. The van der Waals surface area contributed by atoms with Gasteiger partial charge in [0, 0.05) is 42.6 Å². The predicted octanol–water partition coefficient (Wildman–Crippen LogP) is 2.90. The normalized spacial score (nSPS) is 17.6. The second-order valence-electron chi connectivity index (χ2n) is 10.6. The van der Waals surface area contributed by atoms with Gasteiger partial charge in [-0.05, 0) is 77.0 Å². The van der Waals surface area contributed by atoms with Crippen molar-refractivity contribution < 1.29 is 19.1 Å². The minimum atomic E-state index is -0.640. The van der Waals surface area contributed by atoms with Gasteiger partial charge in [0.05, 0.1) is 17.8 Å². The highest BCUT2D eigenvalue weighted by atomic mass is 16.5. The van der Waals surface area contributed by atoms with Crippen LogP contribution >= 0.6 is 0 Å². The molecule has 38 heavy (non-hydrogen) atoms. The highest BCUT2D eigenvalue weighted by Crippen LogP contribution is 2.40. The Balaban J connectivity index is 1.45. The Kier molecular flexibility index (Phi) is 8.17. The molecular formula is C27H37N7O4. The zero-order valence-electron chi connectivity index (χ0n) is 22.5. The topological polar surface area (TPSA) is 132 Å². The van der Waals surface area contributed by atoms with Gasteiger partial charge >= 0.3 is 6.03 Å². The highest BCUT2D eigenvalue weighted by Gasteiger charge is 2.44. The molecule has 11 heteroatoms.